The lowest BCUT2D eigenvalue weighted by molar-refractivity contribution is -0.133. The predicted molar refractivity (Wildman–Crippen MR) is 60.4 cm³/mol. The van der Waals surface area contributed by atoms with Crippen molar-refractivity contribution in [3.63, 3.8) is 0 Å². The number of ether oxygens (including phenoxy) is 1. The normalized spacial score (nSPS) is 8.94. The first-order valence-electron chi connectivity index (χ1n) is 4.45. The highest BCUT2D eigenvalue weighted by Crippen LogP contribution is 2.17. The van der Waals surface area contributed by atoms with Crippen molar-refractivity contribution < 1.29 is 14.3 Å². The molecule has 0 bridgehead atoms. The highest BCUT2D eigenvalue weighted by molar-refractivity contribution is 6.33. The lowest BCUT2D eigenvalue weighted by atomic mass is 10.1. The van der Waals surface area contributed by atoms with Crippen LogP contribution in [0.15, 0.2) is 18.2 Å². The van der Waals surface area contributed by atoms with E-state index < -0.39 is 5.97 Å². The fourth-order valence-corrected chi connectivity index (χ4v) is 1.30. The van der Waals surface area contributed by atoms with Crippen LogP contribution in [0, 0.1) is 11.8 Å². The summed E-state index contributed by atoms with van der Waals surface area (Å²) in [7, 11) is 1.25. The molecule has 0 aliphatic heterocycles. The molecule has 82 valence electrons. The van der Waals surface area contributed by atoms with E-state index in [4.69, 9.17) is 11.6 Å². The highest BCUT2D eigenvalue weighted by atomic mass is 35.5. The van der Waals surface area contributed by atoms with Crippen LogP contribution in [0.3, 0.4) is 0 Å². The number of carbonyl (C=O) groups is 2. The summed E-state index contributed by atoms with van der Waals surface area (Å²) in [4.78, 5) is 22.0. The van der Waals surface area contributed by atoms with Gasteiger partial charge in [-0.25, -0.2) is 4.79 Å². The van der Waals surface area contributed by atoms with Gasteiger partial charge in [0.05, 0.1) is 12.1 Å². The van der Waals surface area contributed by atoms with Gasteiger partial charge in [0.2, 0.25) is 0 Å². The van der Waals surface area contributed by atoms with E-state index in [0.717, 1.165) is 0 Å². The number of carbonyl (C=O) groups excluding carboxylic acids is 2. The number of benzene rings is 1. The Morgan fingerprint density at radius 3 is 2.62 bits per heavy atom. The van der Waals surface area contributed by atoms with E-state index in [1.165, 1.54) is 14.0 Å². The Kier molecular flexibility index (Phi) is 4.10. The van der Waals surface area contributed by atoms with Gasteiger partial charge in [-0.3, -0.25) is 4.79 Å². The number of halogens is 1. The molecule has 0 aliphatic rings. The van der Waals surface area contributed by atoms with Gasteiger partial charge >= 0.3 is 5.97 Å². The zero-order valence-electron chi connectivity index (χ0n) is 8.83. The maximum absolute atomic E-state index is 11.2. The molecule has 0 saturated carbocycles. The Bertz CT molecular complexity index is 495. The first-order chi connectivity index (χ1) is 7.54. The minimum Gasteiger partial charge on any atom is -0.459 e. The highest BCUT2D eigenvalue weighted by Gasteiger charge is 2.05. The van der Waals surface area contributed by atoms with Crippen molar-refractivity contribution in [1.82, 2.24) is 0 Å². The summed E-state index contributed by atoms with van der Waals surface area (Å²) in [6.07, 6.45) is 0. The van der Waals surface area contributed by atoms with Gasteiger partial charge < -0.3 is 4.74 Å². The molecule has 0 heterocycles. The lowest BCUT2D eigenvalue weighted by Crippen LogP contribution is -1.96. The van der Waals surface area contributed by atoms with Crippen molar-refractivity contribution >= 4 is 23.4 Å². The van der Waals surface area contributed by atoms with E-state index in [2.05, 4.69) is 16.6 Å². The summed E-state index contributed by atoms with van der Waals surface area (Å²) in [5, 5.41) is 0.371. The van der Waals surface area contributed by atoms with Crippen LogP contribution in [0.25, 0.3) is 0 Å². The van der Waals surface area contributed by atoms with E-state index in [1.807, 2.05) is 0 Å². The molecule has 16 heavy (non-hydrogen) atoms. The molecule has 1 aromatic carbocycles. The number of rotatable bonds is 1. The topological polar surface area (TPSA) is 43.4 Å². The van der Waals surface area contributed by atoms with Crippen molar-refractivity contribution in [2.45, 2.75) is 6.92 Å². The SMILES string of the molecule is COC(=O)C#Cc1ccc(Cl)c(C(C)=O)c1. The number of ketones is 1. The molecule has 0 aliphatic carbocycles. The van der Waals surface area contributed by atoms with Gasteiger partial charge in [0, 0.05) is 17.0 Å². The molecule has 3 nitrogen and oxygen atoms in total. The molecule has 0 N–H and O–H groups in total. The van der Waals surface area contributed by atoms with E-state index in [9.17, 15) is 9.59 Å². The minimum absolute atomic E-state index is 0.147. The molecular formula is C12H9ClO3. The average Bonchev–Trinajstić information content (AvgIpc) is 2.27. The molecule has 0 amide bonds. The van der Waals surface area contributed by atoms with Crippen molar-refractivity contribution in [2.24, 2.45) is 0 Å². The molecule has 1 rings (SSSR count). The second kappa shape index (κ2) is 5.34. The lowest BCUT2D eigenvalue weighted by Gasteiger charge is -1.99. The fraction of sp³-hybridized carbons (Fsp3) is 0.167. The molecule has 0 fully saturated rings. The average molecular weight is 237 g/mol. The number of esters is 1. The fourth-order valence-electron chi connectivity index (χ4n) is 1.05. The molecule has 0 aromatic heterocycles. The van der Waals surface area contributed by atoms with Gasteiger partial charge in [0.1, 0.15) is 0 Å². The van der Waals surface area contributed by atoms with Crippen LogP contribution in [0.5, 0.6) is 0 Å². The third-order valence-electron chi connectivity index (χ3n) is 1.84. The van der Waals surface area contributed by atoms with Crippen molar-refractivity contribution in [3.8, 4) is 11.8 Å². The van der Waals surface area contributed by atoms with Crippen molar-refractivity contribution in [2.75, 3.05) is 7.11 Å². The van der Waals surface area contributed by atoms with Crippen molar-refractivity contribution in [3.05, 3.63) is 34.3 Å². The number of methoxy groups -OCH3 is 1. The Morgan fingerprint density at radius 1 is 1.38 bits per heavy atom. The zero-order chi connectivity index (χ0) is 12.1. The summed E-state index contributed by atoms with van der Waals surface area (Å²) in [5.74, 6) is 4.08. The molecule has 0 saturated heterocycles. The summed E-state index contributed by atoms with van der Waals surface area (Å²) in [5.41, 5.74) is 0.929. The summed E-state index contributed by atoms with van der Waals surface area (Å²) in [6.45, 7) is 1.42. The third-order valence-corrected chi connectivity index (χ3v) is 2.17. The first kappa shape index (κ1) is 12.3. The second-order valence-corrected chi connectivity index (χ2v) is 3.40. The Morgan fingerprint density at radius 2 is 2.06 bits per heavy atom. The van der Waals surface area contributed by atoms with Crippen LogP contribution < -0.4 is 0 Å². The third kappa shape index (κ3) is 3.11. The quantitative estimate of drug-likeness (QED) is 0.426. The Hall–Kier alpha value is -1.79. The van der Waals surface area contributed by atoms with Crippen LogP contribution in [0.2, 0.25) is 5.02 Å². The molecule has 0 spiro atoms. The number of hydrogen-bond donors (Lipinski definition) is 0. The van der Waals surface area contributed by atoms with Crippen LogP contribution in [-0.2, 0) is 9.53 Å². The minimum atomic E-state index is -0.626. The molecule has 4 heteroatoms. The molecule has 1 aromatic rings. The molecule has 0 unspecified atom stereocenters. The van der Waals surface area contributed by atoms with Gasteiger partial charge in [-0.05, 0) is 25.1 Å². The first-order valence-corrected chi connectivity index (χ1v) is 4.83. The Labute approximate surface area is 98.4 Å². The zero-order valence-corrected chi connectivity index (χ0v) is 9.59. The van der Waals surface area contributed by atoms with Gasteiger partial charge in [0.15, 0.2) is 5.78 Å². The van der Waals surface area contributed by atoms with Crippen molar-refractivity contribution in [1.29, 1.82) is 0 Å². The standard InChI is InChI=1S/C12H9ClO3/c1-8(14)10-7-9(3-5-11(10)13)4-6-12(15)16-2/h3,5,7H,1-2H3. The maximum Gasteiger partial charge on any atom is 0.384 e. The smallest absolute Gasteiger partial charge is 0.384 e. The van der Waals surface area contributed by atoms with Gasteiger partial charge in [-0.15, -0.1) is 0 Å². The van der Waals surface area contributed by atoms with Crippen LogP contribution in [-0.4, -0.2) is 18.9 Å². The van der Waals surface area contributed by atoms with Crippen LogP contribution >= 0.6 is 11.6 Å². The van der Waals surface area contributed by atoms with Crippen LogP contribution in [0.1, 0.15) is 22.8 Å². The van der Waals surface area contributed by atoms with Gasteiger partial charge in [-0.1, -0.05) is 17.5 Å². The van der Waals surface area contributed by atoms with E-state index in [-0.39, 0.29) is 5.78 Å². The van der Waals surface area contributed by atoms with Gasteiger partial charge in [0.25, 0.3) is 0 Å². The van der Waals surface area contributed by atoms with E-state index in [0.29, 0.717) is 16.1 Å². The predicted octanol–water partition coefficient (Wildman–Crippen LogP) is 2.07. The summed E-state index contributed by atoms with van der Waals surface area (Å²) < 4.78 is 4.37. The van der Waals surface area contributed by atoms with Crippen LogP contribution in [0.4, 0.5) is 0 Å². The summed E-state index contributed by atoms with van der Waals surface area (Å²) >= 11 is 5.82. The molecule has 0 atom stereocenters. The number of hydrogen-bond acceptors (Lipinski definition) is 3. The van der Waals surface area contributed by atoms with E-state index >= 15 is 0 Å². The summed E-state index contributed by atoms with van der Waals surface area (Å²) in [6, 6.07) is 4.74. The second-order valence-electron chi connectivity index (χ2n) is 2.99. The van der Waals surface area contributed by atoms with Gasteiger partial charge in [-0.2, -0.15) is 0 Å². The Balaban J connectivity index is 3.07. The molecular weight excluding hydrogens is 228 g/mol. The maximum atomic E-state index is 11.2. The monoisotopic (exact) mass is 236 g/mol. The largest absolute Gasteiger partial charge is 0.459 e. The van der Waals surface area contributed by atoms with E-state index in [1.54, 1.807) is 18.2 Å². The number of Topliss-reactive ketones (excluding diaryl/α,β-unsaturated/α-hetero) is 1. The molecule has 0 radical (unpaired) electrons.